The largest absolute Gasteiger partial charge is 0.497 e. The maximum atomic E-state index is 13.2. The Morgan fingerprint density at radius 2 is 1.73 bits per heavy atom. The van der Waals surface area contributed by atoms with Gasteiger partial charge in [0.15, 0.2) is 0 Å². The summed E-state index contributed by atoms with van der Waals surface area (Å²) in [6, 6.07) is 15.6. The van der Waals surface area contributed by atoms with Crippen molar-refractivity contribution in [3.63, 3.8) is 0 Å². The number of methoxy groups -OCH3 is 2. The molecule has 0 aliphatic rings. The molecule has 0 bridgehead atoms. The molecule has 0 fully saturated rings. The van der Waals surface area contributed by atoms with E-state index in [-0.39, 0.29) is 24.9 Å². The van der Waals surface area contributed by atoms with E-state index in [0.717, 1.165) is 4.47 Å². The van der Waals surface area contributed by atoms with E-state index >= 15 is 0 Å². The first-order valence-corrected chi connectivity index (χ1v) is 9.88. The number of benzene rings is 2. The van der Waals surface area contributed by atoms with Gasteiger partial charge >= 0.3 is 0 Å². The minimum atomic E-state index is -0.356. The van der Waals surface area contributed by atoms with Gasteiger partial charge in [-0.05, 0) is 52.3 Å². The van der Waals surface area contributed by atoms with E-state index in [4.69, 9.17) is 13.9 Å². The molecule has 2 amide bonds. The van der Waals surface area contributed by atoms with Crippen LogP contribution in [0.5, 0.6) is 11.5 Å². The number of amides is 2. The summed E-state index contributed by atoms with van der Waals surface area (Å²) in [6.07, 6.45) is 1.52. The van der Waals surface area contributed by atoms with Crippen molar-refractivity contribution in [2.75, 3.05) is 26.1 Å². The summed E-state index contributed by atoms with van der Waals surface area (Å²) in [5, 5.41) is 2.81. The molecule has 1 heterocycles. The van der Waals surface area contributed by atoms with Crippen molar-refractivity contribution < 1.29 is 23.5 Å². The lowest BCUT2D eigenvalue weighted by molar-refractivity contribution is -0.117. The summed E-state index contributed by atoms with van der Waals surface area (Å²) in [7, 11) is 3.02. The number of furan rings is 1. The van der Waals surface area contributed by atoms with Gasteiger partial charge in [-0.15, -0.1) is 0 Å². The van der Waals surface area contributed by atoms with Crippen LogP contribution in [0.4, 0.5) is 5.69 Å². The van der Waals surface area contributed by atoms with E-state index in [9.17, 15) is 9.59 Å². The monoisotopic (exact) mass is 472 g/mol. The number of hydrogen-bond donors (Lipinski definition) is 1. The first-order chi connectivity index (χ1) is 14.5. The zero-order chi connectivity index (χ0) is 21.5. The van der Waals surface area contributed by atoms with Gasteiger partial charge in [-0.3, -0.25) is 9.59 Å². The van der Waals surface area contributed by atoms with Crippen LogP contribution in [0.2, 0.25) is 0 Å². The number of nitrogens with one attached hydrogen (secondary N) is 1. The standard InChI is InChI=1S/C22H21BrN2O5/c1-28-17-10-15(11-18(12-17)29-2)22(27)25(13-16-6-5-9-30-16)14-21(26)24-20-8-4-3-7-19(20)23/h3-12H,13-14H2,1-2H3,(H,24,26). The summed E-state index contributed by atoms with van der Waals surface area (Å²) in [4.78, 5) is 27.3. The van der Waals surface area contributed by atoms with E-state index in [2.05, 4.69) is 21.2 Å². The third-order valence-corrected chi connectivity index (χ3v) is 4.99. The molecular weight excluding hydrogens is 452 g/mol. The van der Waals surface area contributed by atoms with Gasteiger partial charge in [0.25, 0.3) is 5.91 Å². The fourth-order valence-corrected chi connectivity index (χ4v) is 3.21. The second kappa shape index (κ2) is 9.98. The molecule has 0 atom stereocenters. The Labute approximate surface area is 182 Å². The predicted molar refractivity (Wildman–Crippen MR) is 116 cm³/mol. The summed E-state index contributed by atoms with van der Waals surface area (Å²) in [5.41, 5.74) is 0.961. The summed E-state index contributed by atoms with van der Waals surface area (Å²) in [6.45, 7) is -0.0326. The van der Waals surface area contributed by atoms with E-state index in [0.29, 0.717) is 28.5 Å². The highest BCUT2D eigenvalue weighted by molar-refractivity contribution is 9.10. The lowest BCUT2D eigenvalue weighted by Crippen LogP contribution is -2.37. The van der Waals surface area contributed by atoms with Crippen molar-refractivity contribution in [2.45, 2.75) is 6.54 Å². The Hall–Kier alpha value is -3.26. The minimum Gasteiger partial charge on any atom is -0.497 e. The average molecular weight is 473 g/mol. The number of nitrogens with zero attached hydrogens (tertiary/aromatic N) is 1. The SMILES string of the molecule is COc1cc(OC)cc(C(=O)N(CC(=O)Nc2ccccc2Br)Cc2ccco2)c1. The van der Waals surface area contributed by atoms with Gasteiger partial charge < -0.3 is 24.1 Å². The molecule has 0 saturated heterocycles. The van der Waals surface area contributed by atoms with Crippen LogP contribution in [0.1, 0.15) is 16.1 Å². The molecule has 156 valence electrons. The van der Waals surface area contributed by atoms with Crippen LogP contribution in [0.15, 0.2) is 69.8 Å². The van der Waals surface area contributed by atoms with Gasteiger partial charge in [-0.1, -0.05) is 12.1 Å². The number of rotatable bonds is 8. The maximum absolute atomic E-state index is 13.2. The molecule has 0 saturated carbocycles. The van der Waals surface area contributed by atoms with E-state index in [1.54, 1.807) is 36.4 Å². The lowest BCUT2D eigenvalue weighted by Gasteiger charge is -2.22. The van der Waals surface area contributed by atoms with Crippen molar-refractivity contribution in [2.24, 2.45) is 0 Å². The quantitative estimate of drug-likeness (QED) is 0.527. The molecule has 7 nitrogen and oxygen atoms in total. The molecule has 0 aliphatic carbocycles. The molecule has 0 unspecified atom stereocenters. The third-order valence-electron chi connectivity index (χ3n) is 4.29. The number of ether oxygens (including phenoxy) is 2. The number of halogens is 1. The van der Waals surface area contributed by atoms with E-state index in [1.807, 2.05) is 18.2 Å². The third kappa shape index (κ3) is 5.42. The summed E-state index contributed by atoms with van der Waals surface area (Å²) in [5.74, 6) is 0.830. The Balaban J connectivity index is 1.84. The number of carbonyl (C=O) groups is 2. The van der Waals surface area contributed by atoms with E-state index in [1.165, 1.54) is 25.4 Å². The zero-order valence-electron chi connectivity index (χ0n) is 16.6. The van der Waals surface area contributed by atoms with Crippen LogP contribution >= 0.6 is 15.9 Å². The van der Waals surface area contributed by atoms with Crippen molar-refractivity contribution in [1.29, 1.82) is 0 Å². The fraction of sp³-hybridized carbons (Fsp3) is 0.182. The van der Waals surface area contributed by atoms with E-state index < -0.39 is 0 Å². The smallest absolute Gasteiger partial charge is 0.255 e. The fourth-order valence-electron chi connectivity index (χ4n) is 2.83. The number of hydrogen-bond acceptors (Lipinski definition) is 5. The van der Waals surface area contributed by atoms with Crippen LogP contribution in [-0.2, 0) is 11.3 Å². The van der Waals surface area contributed by atoms with Crippen molar-refractivity contribution in [1.82, 2.24) is 4.90 Å². The molecule has 0 radical (unpaired) electrons. The topological polar surface area (TPSA) is 81.0 Å². The first kappa shape index (κ1) is 21.4. The van der Waals surface area contributed by atoms with Gasteiger partial charge in [0.05, 0.1) is 32.7 Å². The van der Waals surface area contributed by atoms with Gasteiger partial charge in [0.1, 0.15) is 23.8 Å². The van der Waals surface area contributed by atoms with Crippen molar-refractivity contribution >= 4 is 33.4 Å². The molecule has 2 aromatic carbocycles. The molecule has 1 aromatic heterocycles. The average Bonchev–Trinajstić information content (AvgIpc) is 3.27. The summed E-state index contributed by atoms with van der Waals surface area (Å²) < 4.78 is 16.6. The van der Waals surface area contributed by atoms with Crippen LogP contribution in [-0.4, -0.2) is 37.5 Å². The Morgan fingerprint density at radius 1 is 1.03 bits per heavy atom. The Bertz CT molecular complexity index is 998. The van der Waals surface area contributed by atoms with Crippen molar-refractivity contribution in [3.05, 3.63) is 76.7 Å². The number of anilines is 1. The van der Waals surface area contributed by atoms with Crippen LogP contribution in [0, 0.1) is 0 Å². The second-order valence-corrected chi connectivity index (χ2v) is 7.22. The first-order valence-electron chi connectivity index (χ1n) is 9.09. The second-order valence-electron chi connectivity index (χ2n) is 6.37. The van der Waals surface area contributed by atoms with Crippen LogP contribution < -0.4 is 14.8 Å². The Kier molecular flexibility index (Phi) is 7.13. The highest BCUT2D eigenvalue weighted by atomic mass is 79.9. The predicted octanol–water partition coefficient (Wildman–Crippen LogP) is 4.34. The maximum Gasteiger partial charge on any atom is 0.255 e. The molecule has 30 heavy (non-hydrogen) atoms. The highest BCUT2D eigenvalue weighted by Gasteiger charge is 2.22. The van der Waals surface area contributed by atoms with Gasteiger partial charge in [-0.2, -0.15) is 0 Å². The van der Waals surface area contributed by atoms with Crippen LogP contribution in [0.25, 0.3) is 0 Å². The molecule has 3 aromatic rings. The van der Waals surface area contributed by atoms with Gasteiger partial charge in [0.2, 0.25) is 5.91 Å². The van der Waals surface area contributed by atoms with Gasteiger partial charge in [0, 0.05) is 16.1 Å². The van der Waals surface area contributed by atoms with Crippen LogP contribution in [0.3, 0.4) is 0 Å². The normalized spacial score (nSPS) is 10.4. The van der Waals surface area contributed by atoms with Gasteiger partial charge in [-0.25, -0.2) is 0 Å². The molecule has 8 heteroatoms. The zero-order valence-corrected chi connectivity index (χ0v) is 18.1. The minimum absolute atomic E-state index is 0.134. The molecule has 1 N–H and O–H groups in total. The molecule has 0 spiro atoms. The molecule has 0 aliphatic heterocycles. The molecule has 3 rings (SSSR count). The lowest BCUT2D eigenvalue weighted by atomic mass is 10.1. The Morgan fingerprint density at radius 3 is 2.33 bits per heavy atom. The number of carbonyl (C=O) groups excluding carboxylic acids is 2. The number of para-hydroxylation sites is 1. The summed E-state index contributed by atoms with van der Waals surface area (Å²) >= 11 is 3.40. The molecular formula is C22H21BrN2O5. The highest BCUT2D eigenvalue weighted by Crippen LogP contribution is 2.25. The van der Waals surface area contributed by atoms with Crippen molar-refractivity contribution in [3.8, 4) is 11.5 Å².